The fraction of sp³-hybridized carbons (Fsp3) is 0.938. The number of benzene rings is 1. The summed E-state index contributed by atoms with van der Waals surface area (Å²) < 4.78 is 15.4. The molecule has 1 aromatic rings. The molecular weight excluding hydrogens is 1460 g/mol. The molecule has 15 heterocycles. The lowest BCUT2D eigenvalue weighted by molar-refractivity contribution is 0.00118. The van der Waals surface area contributed by atoms with Gasteiger partial charge in [-0.05, 0) is 378 Å². The molecule has 674 valence electrons. The molecule has 17 nitrogen and oxygen atoms in total. The van der Waals surface area contributed by atoms with Crippen molar-refractivity contribution < 1.29 is 14.2 Å². The summed E-state index contributed by atoms with van der Waals surface area (Å²) in [7, 11) is 30.7. The van der Waals surface area contributed by atoms with Gasteiger partial charge in [0.05, 0.1) is 26.7 Å². The van der Waals surface area contributed by atoms with E-state index < -0.39 is 0 Å². The van der Waals surface area contributed by atoms with Gasteiger partial charge in [0.1, 0.15) is 0 Å². The molecule has 6 atom stereocenters. The van der Waals surface area contributed by atoms with Crippen molar-refractivity contribution in [1.82, 2.24) is 63.7 Å². The van der Waals surface area contributed by atoms with E-state index in [1.807, 2.05) is 11.8 Å². The first kappa shape index (κ1) is 103. The summed E-state index contributed by atoms with van der Waals surface area (Å²) in [6, 6.07) is 11.6. The molecule has 0 radical (unpaired) electrons. The molecule has 4 saturated carbocycles. The van der Waals surface area contributed by atoms with E-state index in [2.05, 4.69) is 203 Å². The molecule has 1 aromatic carbocycles. The van der Waals surface area contributed by atoms with Gasteiger partial charge in [0.25, 0.3) is 0 Å². The van der Waals surface area contributed by atoms with E-state index in [4.69, 9.17) is 14.2 Å². The van der Waals surface area contributed by atoms with E-state index in [0.29, 0.717) is 0 Å². The third-order valence-electron chi connectivity index (χ3n) is 27.7. The van der Waals surface area contributed by atoms with Gasteiger partial charge in [0.2, 0.25) is 0 Å². The molecule has 18 fully saturated rings. The van der Waals surface area contributed by atoms with Crippen LogP contribution in [0.1, 0.15) is 237 Å². The average molecular weight is 1650 g/mol. The monoisotopic (exact) mass is 1650 g/mol. The number of hydrogen-bond donors (Lipinski definition) is 0. The molecule has 0 amide bonds. The quantitative estimate of drug-likeness (QED) is 0.247. The summed E-state index contributed by atoms with van der Waals surface area (Å²) >= 11 is 4.07. The summed E-state index contributed by atoms with van der Waals surface area (Å²) in [4.78, 5) is 33.5. The second kappa shape index (κ2) is 64.8. The Bertz CT molecular complexity index is 2250. The predicted octanol–water partition coefficient (Wildman–Crippen LogP) is 16.5. The van der Waals surface area contributed by atoms with Crippen LogP contribution in [0.25, 0.3) is 0 Å². The predicted molar refractivity (Wildman–Crippen MR) is 504 cm³/mol. The third kappa shape index (κ3) is 48.2. The molecular formula is C96H190N14O3S2. The number of fused-ring (bicyclic) bond motifs is 9. The molecule has 115 heavy (non-hydrogen) atoms. The number of likely N-dealkylation sites (N-methyl/N-ethyl adjacent to an activating group) is 1. The highest BCUT2D eigenvalue weighted by Crippen LogP contribution is 2.38. The van der Waals surface area contributed by atoms with Crippen molar-refractivity contribution in [2.45, 2.75) is 256 Å². The number of nitrogens with zero attached hydrogens (tertiary/aromatic N) is 14. The van der Waals surface area contributed by atoms with E-state index >= 15 is 0 Å². The largest absolute Gasteiger partial charge is 0.379 e. The lowest BCUT2D eigenvalue weighted by Crippen LogP contribution is -2.44. The first-order valence-electron chi connectivity index (χ1n) is 48.5. The molecule has 14 saturated heterocycles. The topological polar surface area (TPSA) is 73.1 Å². The molecule has 20 rings (SSSR count). The molecule has 19 aliphatic rings. The zero-order chi connectivity index (χ0) is 82.3. The lowest BCUT2D eigenvalue weighted by Gasteiger charge is -2.42. The highest BCUT2D eigenvalue weighted by Gasteiger charge is 2.36. The molecule has 4 bridgehead atoms. The van der Waals surface area contributed by atoms with Crippen LogP contribution in [0.2, 0.25) is 0 Å². The highest BCUT2D eigenvalue weighted by atomic mass is 32.2. The lowest BCUT2D eigenvalue weighted by atomic mass is 9.79. The number of morpholine rings is 1. The second-order valence-corrected chi connectivity index (χ2v) is 40.9. The number of thioether (sulfide) groups is 2. The van der Waals surface area contributed by atoms with Gasteiger partial charge < -0.3 is 68.1 Å². The van der Waals surface area contributed by atoms with Gasteiger partial charge >= 0.3 is 0 Å². The van der Waals surface area contributed by atoms with Crippen LogP contribution in [0, 0.1) is 29.6 Å². The Hall–Kier alpha value is -0.920. The van der Waals surface area contributed by atoms with E-state index in [9.17, 15) is 0 Å². The van der Waals surface area contributed by atoms with Gasteiger partial charge in [-0.15, -0.1) is 11.8 Å². The Morgan fingerprint density at radius 3 is 1.09 bits per heavy atom. The molecule has 0 N–H and O–H groups in total. The Balaban J connectivity index is 0.000000193. The summed E-state index contributed by atoms with van der Waals surface area (Å²) in [6.45, 7) is 32.4. The molecule has 4 aliphatic carbocycles. The Morgan fingerprint density at radius 1 is 0.278 bits per heavy atom. The number of likely N-dealkylation sites (tertiary alicyclic amines) is 7. The van der Waals surface area contributed by atoms with E-state index in [-0.39, 0.29) is 0 Å². The zero-order valence-electron chi connectivity index (χ0n) is 78.3. The van der Waals surface area contributed by atoms with Crippen molar-refractivity contribution in [3.05, 3.63) is 29.8 Å². The maximum Gasteiger partial charge on any atom is 0.0987 e. The van der Waals surface area contributed by atoms with Crippen molar-refractivity contribution in [3.8, 4) is 0 Å². The Morgan fingerprint density at radius 2 is 0.687 bits per heavy atom. The number of piperidine rings is 4. The molecule has 0 aromatic heterocycles. The molecule has 19 heteroatoms. The van der Waals surface area contributed by atoms with Crippen LogP contribution >= 0.6 is 23.5 Å². The standard InChI is InChI=1S/C10H19N.C10H13N.2C9H17N.C8H17N.C7H13N.C7H15N.C6H13NO.C6H13N.2C5H11NO.C5H11NS.C5H11N.C4H9NS/c2*1-11-8-4-6-9-5-2-3-7-10(9)11;1-10-7-3-5-8-4-2-6-9(8)10;1-10-6-8-2-3-9(7-10)5-4-8;1-9-7-5-3-2-4-6-8-9;1-8-5-6-2-3-7(8)4-6;1-8-6-4-2-3-5-7-8;1-7-4-2-3-5-8-6-7;1-7-5-3-2-4-6-7;1-6-2-4-7-5-3-6;1-6-3-2-4-7-5-6;1-6-2-4-7-5-3-6;1-6-4-2-3-5-6;1-5-2-3-6-4-5/h9-10H,2-8H2,1H3;2-3,5,7H,4,6,8H2,1H3;2*8-9H,2-7H2,1H3;2-8H2,1H3;6-7H,2-5H2,1H3;2-7H2,1H3;2-6H2,1H3;2-6H2,1H3;3*2-5H2,1H3;2-5H2,1H3;2-4H2,1H3. The summed E-state index contributed by atoms with van der Waals surface area (Å²) in [5, 5.41) is 0. The fourth-order valence-corrected chi connectivity index (χ4v) is 22.1. The zero-order valence-corrected chi connectivity index (χ0v) is 79.9. The minimum absolute atomic E-state index is 0.819. The Kier molecular flexibility index (Phi) is 58.0. The van der Waals surface area contributed by atoms with Gasteiger partial charge in [-0.2, -0.15) is 11.8 Å². The molecule has 0 spiro atoms. The number of hydrogen-bond acceptors (Lipinski definition) is 19. The number of para-hydroxylation sites is 1. The number of rotatable bonds is 0. The maximum atomic E-state index is 5.23. The minimum atomic E-state index is 0.819. The van der Waals surface area contributed by atoms with Crippen LogP contribution in [-0.2, 0) is 20.6 Å². The molecule has 6 unspecified atom stereocenters. The van der Waals surface area contributed by atoms with Crippen molar-refractivity contribution in [2.24, 2.45) is 29.6 Å². The third-order valence-corrected chi connectivity index (χ3v) is 29.7. The number of anilines is 1. The summed E-state index contributed by atoms with van der Waals surface area (Å²) in [5.41, 5.74) is 2.92. The van der Waals surface area contributed by atoms with E-state index in [1.165, 1.54) is 396 Å². The second-order valence-electron chi connectivity index (χ2n) is 38.6. The maximum absolute atomic E-state index is 5.23. The first-order chi connectivity index (χ1) is 55.9. The van der Waals surface area contributed by atoms with Crippen LogP contribution < -0.4 is 4.90 Å². The van der Waals surface area contributed by atoms with Crippen LogP contribution in [0.15, 0.2) is 24.3 Å². The fourth-order valence-electron chi connectivity index (χ4n) is 20.0. The highest BCUT2D eigenvalue weighted by molar-refractivity contribution is 7.99. The molecule has 15 aliphatic heterocycles. The van der Waals surface area contributed by atoms with Gasteiger partial charge in [0, 0.05) is 139 Å². The van der Waals surface area contributed by atoms with E-state index in [1.54, 1.807) is 0 Å². The van der Waals surface area contributed by atoms with Gasteiger partial charge in [-0.25, -0.2) is 0 Å². The minimum Gasteiger partial charge on any atom is -0.379 e. The Labute approximate surface area is 721 Å². The number of ether oxygens (including phenoxy) is 3. The van der Waals surface area contributed by atoms with E-state index in [0.717, 1.165) is 101 Å². The van der Waals surface area contributed by atoms with Crippen LogP contribution in [0.3, 0.4) is 0 Å². The van der Waals surface area contributed by atoms with Gasteiger partial charge in [-0.1, -0.05) is 76.0 Å². The normalized spacial score (nSPS) is 30.1. The van der Waals surface area contributed by atoms with Crippen LogP contribution in [0.5, 0.6) is 0 Å². The van der Waals surface area contributed by atoms with Crippen molar-refractivity contribution in [3.63, 3.8) is 0 Å². The summed E-state index contributed by atoms with van der Waals surface area (Å²) in [6.07, 6.45) is 53.1. The van der Waals surface area contributed by atoms with Crippen molar-refractivity contribution in [2.75, 3.05) is 304 Å². The summed E-state index contributed by atoms with van der Waals surface area (Å²) in [5.74, 6) is 10.5. The van der Waals surface area contributed by atoms with Crippen molar-refractivity contribution >= 4 is 29.2 Å². The van der Waals surface area contributed by atoms with Crippen LogP contribution in [0.4, 0.5) is 5.69 Å². The number of aryl methyl sites for hydroxylation is 1. The van der Waals surface area contributed by atoms with Gasteiger partial charge in [-0.3, -0.25) is 14.7 Å². The average Bonchev–Trinajstić information content (AvgIpc) is 1.81. The first-order valence-corrected chi connectivity index (χ1v) is 50.8. The van der Waals surface area contributed by atoms with Gasteiger partial charge in [0.15, 0.2) is 0 Å². The SMILES string of the molecule is CN1CC2CCC(CC2)C1.CN1CC2CCC1C2.CN1CCCC1.CN1CCCC2CCCC21.CN1CCCC2CCCCC21.CN1CCCCC1.CN1CCCCCC1.CN1CCCCCCC1.CN1CCCCOC1.CN1CCCOC1.CN1CCCc2ccccc21.CN1CCOCC1.CN1CCSC1.CN1CCSCC1. The van der Waals surface area contributed by atoms with Crippen LogP contribution in [-0.4, -0.2) is 381 Å². The van der Waals surface area contributed by atoms with Crippen molar-refractivity contribution in [1.29, 1.82) is 0 Å². The smallest absolute Gasteiger partial charge is 0.0987 e.